The molecule has 1 heterocycles. The van der Waals surface area contributed by atoms with E-state index in [9.17, 15) is 14.4 Å². The van der Waals surface area contributed by atoms with Crippen LogP contribution in [0.2, 0.25) is 0 Å². The molecule has 1 rings (SSSR count). The molecular weight excluding hydrogens is 268 g/mol. The molecule has 106 valence electrons. The number of amides is 2. The SMILES string of the molecule is CCC(C)NC(=O)CN1C(=O)CSC1=CC(=O)OC. The van der Waals surface area contributed by atoms with Gasteiger partial charge < -0.3 is 10.1 Å². The van der Waals surface area contributed by atoms with Gasteiger partial charge in [0.2, 0.25) is 11.8 Å². The summed E-state index contributed by atoms with van der Waals surface area (Å²) in [6.07, 6.45) is 2.05. The third kappa shape index (κ3) is 4.59. The van der Waals surface area contributed by atoms with Gasteiger partial charge in [-0.05, 0) is 13.3 Å². The summed E-state index contributed by atoms with van der Waals surface area (Å²) in [5.41, 5.74) is 0. The summed E-state index contributed by atoms with van der Waals surface area (Å²) in [6, 6.07) is 0.0610. The zero-order chi connectivity index (χ0) is 14.4. The van der Waals surface area contributed by atoms with Crippen molar-refractivity contribution in [1.82, 2.24) is 10.2 Å². The number of carbonyl (C=O) groups excluding carboxylic acids is 3. The smallest absolute Gasteiger partial charge is 0.333 e. The van der Waals surface area contributed by atoms with Crippen molar-refractivity contribution in [3.8, 4) is 0 Å². The highest BCUT2D eigenvalue weighted by molar-refractivity contribution is 8.04. The number of esters is 1. The molecule has 1 unspecified atom stereocenters. The molecule has 0 aromatic rings. The fourth-order valence-electron chi connectivity index (χ4n) is 1.43. The van der Waals surface area contributed by atoms with Crippen molar-refractivity contribution < 1.29 is 19.1 Å². The molecule has 0 aliphatic carbocycles. The normalized spacial score (nSPS) is 18.6. The fraction of sp³-hybridized carbons (Fsp3) is 0.583. The molecule has 1 N–H and O–H groups in total. The minimum absolute atomic E-state index is 0.0610. The number of methoxy groups -OCH3 is 1. The largest absolute Gasteiger partial charge is 0.466 e. The Morgan fingerprint density at radius 1 is 1.58 bits per heavy atom. The van der Waals surface area contributed by atoms with E-state index < -0.39 is 5.97 Å². The summed E-state index contributed by atoms with van der Waals surface area (Å²) in [7, 11) is 1.26. The van der Waals surface area contributed by atoms with Crippen molar-refractivity contribution >= 4 is 29.5 Å². The predicted octanol–water partition coefficient (Wildman–Crippen LogP) is 0.491. The fourth-order valence-corrected chi connectivity index (χ4v) is 2.35. The van der Waals surface area contributed by atoms with E-state index in [1.54, 1.807) is 0 Å². The van der Waals surface area contributed by atoms with Gasteiger partial charge in [0.05, 0.1) is 24.0 Å². The summed E-state index contributed by atoms with van der Waals surface area (Å²) in [5, 5.41) is 3.23. The Morgan fingerprint density at radius 3 is 2.84 bits per heavy atom. The number of nitrogens with one attached hydrogen (secondary N) is 1. The average molecular weight is 286 g/mol. The van der Waals surface area contributed by atoms with Crippen LogP contribution in [0.25, 0.3) is 0 Å². The van der Waals surface area contributed by atoms with Crippen LogP contribution in [0.1, 0.15) is 20.3 Å². The van der Waals surface area contributed by atoms with E-state index in [1.165, 1.54) is 29.8 Å². The molecule has 19 heavy (non-hydrogen) atoms. The van der Waals surface area contributed by atoms with Gasteiger partial charge in [-0.1, -0.05) is 18.7 Å². The second-order valence-electron chi connectivity index (χ2n) is 4.15. The van der Waals surface area contributed by atoms with Crippen molar-refractivity contribution in [2.75, 3.05) is 19.4 Å². The molecule has 1 fully saturated rings. The van der Waals surface area contributed by atoms with Crippen LogP contribution in [0.3, 0.4) is 0 Å². The number of nitrogens with zero attached hydrogens (tertiary/aromatic N) is 1. The lowest BCUT2D eigenvalue weighted by molar-refractivity contribution is -0.135. The molecule has 0 saturated carbocycles. The van der Waals surface area contributed by atoms with Gasteiger partial charge in [-0.2, -0.15) is 0 Å². The summed E-state index contributed by atoms with van der Waals surface area (Å²) < 4.78 is 4.52. The van der Waals surface area contributed by atoms with Crippen LogP contribution in [0, 0.1) is 0 Å². The van der Waals surface area contributed by atoms with E-state index >= 15 is 0 Å². The van der Waals surface area contributed by atoms with Gasteiger partial charge in [-0.15, -0.1) is 0 Å². The summed E-state index contributed by atoms with van der Waals surface area (Å²) in [5.74, 6) is -0.718. The Bertz CT molecular complexity index is 409. The number of carbonyl (C=O) groups is 3. The Morgan fingerprint density at radius 2 is 2.26 bits per heavy atom. The Balaban J connectivity index is 2.68. The van der Waals surface area contributed by atoms with Crippen molar-refractivity contribution in [1.29, 1.82) is 0 Å². The van der Waals surface area contributed by atoms with Crippen molar-refractivity contribution in [2.45, 2.75) is 26.3 Å². The molecule has 0 spiro atoms. The molecule has 1 aliphatic heterocycles. The molecule has 0 bridgehead atoms. The maximum atomic E-state index is 11.8. The first-order valence-corrected chi connectivity index (χ1v) is 6.98. The zero-order valence-electron chi connectivity index (χ0n) is 11.3. The highest BCUT2D eigenvalue weighted by Gasteiger charge is 2.29. The first-order chi connectivity index (χ1) is 8.97. The quantitative estimate of drug-likeness (QED) is 0.588. The topological polar surface area (TPSA) is 75.7 Å². The molecule has 1 saturated heterocycles. The van der Waals surface area contributed by atoms with Gasteiger partial charge in [0.1, 0.15) is 6.54 Å². The van der Waals surface area contributed by atoms with E-state index in [0.29, 0.717) is 5.03 Å². The maximum Gasteiger partial charge on any atom is 0.333 e. The highest BCUT2D eigenvalue weighted by Crippen LogP contribution is 2.28. The van der Waals surface area contributed by atoms with Crippen LogP contribution < -0.4 is 5.32 Å². The van der Waals surface area contributed by atoms with Gasteiger partial charge in [-0.25, -0.2) is 4.79 Å². The number of ether oxygens (including phenoxy) is 1. The molecular formula is C12H18N2O4S. The summed E-state index contributed by atoms with van der Waals surface area (Å²) in [4.78, 5) is 35.9. The highest BCUT2D eigenvalue weighted by atomic mass is 32.2. The lowest BCUT2D eigenvalue weighted by Crippen LogP contribution is -2.41. The van der Waals surface area contributed by atoms with Crippen LogP contribution in [-0.4, -0.2) is 48.1 Å². The minimum atomic E-state index is -0.537. The van der Waals surface area contributed by atoms with E-state index in [-0.39, 0.29) is 30.2 Å². The minimum Gasteiger partial charge on any atom is -0.466 e. The standard InChI is InChI=1S/C12H18N2O4S/c1-4-8(2)13-9(15)6-14-10(16)7-19-11(14)5-12(17)18-3/h5,8H,4,6-7H2,1-3H3,(H,13,15). The van der Waals surface area contributed by atoms with Gasteiger partial charge in [-0.3, -0.25) is 14.5 Å². The van der Waals surface area contributed by atoms with E-state index in [1.807, 2.05) is 13.8 Å². The Labute approximate surface area is 116 Å². The molecule has 2 amide bonds. The second-order valence-corrected chi connectivity index (χ2v) is 5.15. The van der Waals surface area contributed by atoms with E-state index in [0.717, 1.165) is 6.42 Å². The van der Waals surface area contributed by atoms with Crippen molar-refractivity contribution in [2.24, 2.45) is 0 Å². The number of thioether (sulfide) groups is 1. The summed E-state index contributed by atoms with van der Waals surface area (Å²) in [6.45, 7) is 3.78. The first-order valence-electron chi connectivity index (χ1n) is 6.00. The molecule has 1 atom stereocenters. The molecule has 7 heteroatoms. The van der Waals surface area contributed by atoms with Crippen molar-refractivity contribution in [3.05, 3.63) is 11.1 Å². The van der Waals surface area contributed by atoms with Crippen LogP contribution in [0.15, 0.2) is 11.1 Å². The lowest BCUT2D eigenvalue weighted by atomic mass is 10.2. The van der Waals surface area contributed by atoms with Gasteiger partial charge in [0.25, 0.3) is 0 Å². The predicted molar refractivity (Wildman–Crippen MR) is 72.2 cm³/mol. The molecule has 0 aromatic heterocycles. The van der Waals surface area contributed by atoms with Gasteiger partial charge in [0, 0.05) is 6.04 Å². The van der Waals surface area contributed by atoms with Crippen LogP contribution in [-0.2, 0) is 19.1 Å². The molecule has 0 radical (unpaired) electrons. The van der Waals surface area contributed by atoms with Gasteiger partial charge >= 0.3 is 5.97 Å². The average Bonchev–Trinajstić information content (AvgIpc) is 2.71. The second kappa shape index (κ2) is 7.18. The third-order valence-corrected chi connectivity index (χ3v) is 3.70. The first kappa shape index (κ1) is 15.6. The third-order valence-electron chi connectivity index (χ3n) is 2.67. The maximum absolute atomic E-state index is 11.8. The van der Waals surface area contributed by atoms with Crippen molar-refractivity contribution in [3.63, 3.8) is 0 Å². The lowest BCUT2D eigenvalue weighted by Gasteiger charge is -2.18. The molecule has 6 nitrogen and oxygen atoms in total. The number of rotatable bonds is 5. The van der Waals surface area contributed by atoms with Crippen LogP contribution in [0.5, 0.6) is 0 Å². The monoisotopic (exact) mass is 286 g/mol. The summed E-state index contributed by atoms with van der Waals surface area (Å²) >= 11 is 1.23. The van der Waals surface area contributed by atoms with E-state index in [2.05, 4.69) is 10.1 Å². The number of hydrogen-bond donors (Lipinski definition) is 1. The van der Waals surface area contributed by atoms with Crippen LogP contribution in [0.4, 0.5) is 0 Å². The van der Waals surface area contributed by atoms with Gasteiger partial charge in [0.15, 0.2) is 0 Å². The molecule has 0 aromatic carbocycles. The Hall–Kier alpha value is -1.50. The van der Waals surface area contributed by atoms with E-state index in [4.69, 9.17) is 0 Å². The molecule has 1 aliphatic rings. The number of hydrogen-bond acceptors (Lipinski definition) is 5. The Kier molecular flexibility index (Phi) is 5.88. The van der Waals surface area contributed by atoms with Crippen LogP contribution >= 0.6 is 11.8 Å². The zero-order valence-corrected chi connectivity index (χ0v) is 12.1.